The van der Waals surface area contributed by atoms with Crippen LogP contribution in [-0.2, 0) is 24.3 Å². The van der Waals surface area contributed by atoms with E-state index in [9.17, 15) is 13.2 Å². The Morgan fingerprint density at radius 2 is 1.47 bits per heavy atom. The van der Waals surface area contributed by atoms with E-state index in [1.807, 2.05) is 13.0 Å². The Bertz CT molecular complexity index is 865. The number of nitrogens with zero attached hydrogens (tertiary/aromatic N) is 3. The van der Waals surface area contributed by atoms with E-state index in [1.165, 1.54) is 0 Å². The number of benzene rings is 1. The molecule has 3 rings (SSSR count). The number of aliphatic carboxylic acids is 2. The number of hydrogen-bond donors (Lipinski definition) is 2. The molecule has 0 radical (unpaired) electrons. The highest BCUT2D eigenvalue weighted by Crippen LogP contribution is 2.22. The molecule has 2 saturated heterocycles. The zero-order valence-corrected chi connectivity index (χ0v) is 18.7. The second kappa shape index (κ2) is 11.8. The maximum absolute atomic E-state index is 12.7. The van der Waals surface area contributed by atoms with Gasteiger partial charge in [0, 0.05) is 45.3 Å². The van der Waals surface area contributed by atoms with Crippen LogP contribution >= 0.6 is 0 Å². The molecule has 32 heavy (non-hydrogen) atoms. The molecule has 2 aliphatic heterocycles. The van der Waals surface area contributed by atoms with Gasteiger partial charge in [-0.3, -0.25) is 4.90 Å². The molecule has 0 bridgehead atoms. The number of carbonyl (C=O) groups is 3. The van der Waals surface area contributed by atoms with Crippen molar-refractivity contribution in [2.75, 3.05) is 45.9 Å². The monoisotopic (exact) mass is 471 g/mol. The third-order valence-electron chi connectivity index (χ3n) is 5.34. The van der Waals surface area contributed by atoms with Crippen molar-refractivity contribution in [2.24, 2.45) is 0 Å². The van der Waals surface area contributed by atoms with E-state index >= 15 is 0 Å². The van der Waals surface area contributed by atoms with Crippen molar-refractivity contribution in [3.63, 3.8) is 0 Å². The van der Waals surface area contributed by atoms with Crippen molar-refractivity contribution in [2.45, 2.75) is 30.7 Å². The van der Waals surface area contributed by atoms with Gasteiger partial charge in [0.15, 0.2) is 0 Å². The number of piperazine rings is 1. The van der Waals surface area contributed by atoms with Gasteiger partial charge in [-0.25, -0.2) is 22.8 Å². The molecule has 2 aliphatic rings. The summed E-state index contributed by atoms with van der Waals surface area (Å²) in [5.41, 5.74) is 0. The van der Waals surface area contributed by atoms with E-state index in [0.717, 1.165) is 25.9 Å². The second-order valence-corrected chi connectivity index (χ2v) is 9.22. The van der Waals surface area contributed by atoms with Crippen molar-refractivity contribution in [3.8, 4) is 0 Å². The topological polar surface area (TPSA) is 145 Å². The number of hydrogen-bond acceptors (Lipinski definition) is 7. The molecule has 0 unspecified atom stereocenters. The van der Waals surface area contributed by atoms with Gasteiger partial charge in [-0.05, 0) is 31.9 Å². The van der Waals surface area contributed by atoms with Gasteiger partial charge in [0.25, 0.3) is 0 Å². The lowest BCUT2D eigenvalue weighted by Gasteiger charge is -2.42. The normalized spacial score (nSPS) is 18.3. The summed E-state index contributed by atoms with van der Waals surface area (Å²) >= 11 is 0. The Balaban J connectivity index is 0.000000534. The second-order valence-electron chi connectivity index (χ2n) is 7.28. The molecule has 1 amide bonds. The largest absolute Gasteiger partial charge is 0.473 e. The fraction of sp³-hybridized carbons (Fsp3) is 0.550. The van der Waals surface area contributed by atoms with E-state index in [1.54, 1.807) is 33.5 Å². The summed E-state index contributed by atoms with van der Waals surface area (Å²) in [5, 5.41) is 14.8. The van der Waals surface area contributed by atoms with Crippen LogP contribution in [-0.4, -0.2) is 103 Å². The summed E-state index contributed by atoms with van der Waals surface area (Å²) in [5.74, 6) is -3.65. The van der Waals surface area contributed by atoms with Crippen LogP contribution in [0.2, 0.25) is 0 Å². The van der Waals surface area contributed by atoms with Gasteiger partial charge in [-0.1, -0.05) is 18.2 Å². The van der Waals surface area contributed by atoms with Crippen LogP contribution < -0.4 is 0 Å². The Morgan fingerprint density at radius 1 is 0.938 bits per heavy atom. The van der Waals surface area contributed by atoms with E-state index < -0.39 is 22.0 Å². The molecular weight excluding hydrogens is 442 g/mol. The Kier molecular flexibility index (Phi) is 9.42. The molecule has 0 saturated carbocycles. The summed E-state index contributed by atoms with van der Waals surface area (Å²) in [6.07, 6.45) is 1.58. The molecule has 2 N–H and O–H groups in total. The first kappa shape index (κ1) is 25.6. The molecule has 0 aliphatic carbocycles. The maximum Gasteiger partial charge on any atom is 0.414 e. The first-order valence-electron chi connectivity index (χ1n) is 10.3. The number of amides is 1. The number of carboxylic acid groups (broad SMARTS) is 2. The van der Waals surface area contributed by atoms with Crippen molar-refractivity contribution >= 4 is 28.1 Å². The SMILES string of the molecule is CCOC(=O)N1CCC(N2CCN(S(=O)(=O)c3ccccc3)CC2)CC1.O=C(O)C(=O)O. The van der Waals surface area contributed by atoms with Crippen LogP contribution in [0.1, 0.15) is 19.8 Å². The van der Waals surface area contributed by atoms with Gasteiger partial charge in [0.1, 0.15) is 0 Å². The lowest BCUT2D eigenvalue weighted by atomic mass is 10.0. The standard InChI is InChI=1S/C18H27N3O4S.C2H2O4/c1-2-25-18(22)20-10-8-16(9-11-20)19-12-14-21(15-13-19)26(23,24)17-6-4-3-5-7-17;3-1(4)2(5)6/h3-7,16H,2,8-15H2,1H3;(H,3,4)(H,5,6). The van der Waals surface area contributed by atoms with Gasteiger partial charge >= 0.3 is 18.0 Å². The van der Waals surface area contributed by atoms with Crippen molar-refractivity contribution in [1.29, 1.82) is 0 Å². The van der Waals surface area contributed by atoms with Crippen molar-refractivity contribution in [3.05, 3.63) is 30.3 Å². The molecule has 12 heteroatoms. The van der Waals surface area contributed by atoms with Crippen molar-refractivity contribution in [1.82, 2.24) is 14.1 Å². The van der Waals surface area contributed by atoms with Crippen LogP contribution in [0, 0.1) is 0 Å². The number of rotatable bonds is 4. The fourth-order valence-electron chi connectivity index (χ4n) is 3.68. The highest BCUT2D eigenvalue weighted by atomic mass is 32.2. The summed E-state index contributed by atoms with van der Waals surface area (Å²) < 4.78 is 32.0. The smallest absolute Gasteiger partial charge is 0.414 e. The van der Waals surface area contributed by atoms with E-state index in [-0.39, 0.29) is 6.09 Å². The zero-order valence-electron chi connectivity index (χ0n) is 17.9. The molecule has 1 aromatic rings. The summed E-state index contributed by atoms with van der Waals surface area (Å²) in [6.45, 7) is 6.10. The Labute approximate surface area is 187 Å². The minimum Gasteiger partial charge on any atom is -0.473 e. The lowest BCUT2D eigenvalue weighted by molar-refractivity contribution is -0.159. The quantitative estimate of drug-likeness (QED) is 0.608. The molecule has 11 nitrogen and oxygen atoms in total. The molecule has 0 aromatic heterocycles. The van der Waals surface area contributed by atoms with E-state index in [0.29, 0.717) is 43.7 Å². The molecule has 2 fully saturated rings. The van der Waals surface area contributed by atoms with Crippen LogP contribution in [0.25, 0.3) is 0 Å². The summed E-state index contributed by atoms with van der Waals surface area (Å²) in [6, 6.07) is 9.02. The van der Waals surface area contributed by atoms with E-state index in [4.69, 9.17) is 24.5 Å². The van der Waals surface area contributed by atoms with Gasteiger partial charge in [-0.15, -0.1) is 0 Å². The number of piperidine rings is 1. The van der Waals surface area contributed by atoms with Gasteiger partial charge in [0.05, 0.1) is 11.5 Å². The molecular formula is C20H29N3O8S. The lowest BCUT2D eigenvalue weighted by Crippen LogP contribution is -2.54. The predicted octanol–water partition coefficient (Wildman–Crippen LogP) is 0.769. The average Bonchev–Trinajstić information content (AvgIpc) is 2.80. The maximum atomic E-state index is 12.7. The summed E-state index contributed by atoms with van der Waals surface area (Å²) in [4.78, 5) is 34.5. The van der Waals surface area contributed by atoms with Crippen LogP contribution in [0.5, 0.6) is 0 Å². The highest BCUT2D eigenvalue weighted by molar-refractivity contribution is 7.89. The Morgan fingerprint density at radius 3 is 1.94 bits per heavy atom. The highest BCUT2D eigenvalue weighted by Gasteiger charge is 2.33. The minimum absolute atomic E-state index is 0.232. The number of carboxylic acids is 2. The predicted molar refractivity (Wildman–Crippen MR) is 114 cm³/mol. The zero-order chi connectivity index (χ0) is 23.7. The average molecular weight is 472 g/mol. The van der Waals surface area contributed by atoms with Crippen LogP contribution in [0.4, 0.5) is 4.79 Å². The Hall–Kier alpha value is -2.70. The molecule has 0 atom stereocenters. The van der Waals surface area contributed by atoms with Gasteiger partial charge < -0.3 is 19.8 Å². The molecule has 1 aromatic carbocycles. The number of likely N-dealkylation sites (tertiary alicyclic amines) is 1. The van der Waals surface area contributed by atoms with Gasteiger partial charge in [-0.2, -0.15) is 4.31 Å². The minimum atomic E-state index is -3.41. The number of carbonyl (C=O) groups excluding carboxylic acids is 1. The summed E-state index contributed by atoms with van der Waals surface area (Å²) in [7, 11) is -3.41. The first-order chi connectivity index (χ1) is 15.2. The molecule has 178 valence electrons. The third-order valence-corrected chi connectivity index (χ3v) is 7.26. The number of ether oxygens (including phenoxy) is 1. The van der Waals surface area contributed by atoms with Crippen LogP contribution in [0.3, 0.4) is 0 Å². The van der Waals surface area contributed by atoms with Crippen molar-refractivity contribution < 1.29 is 37.8 Å². The third kappa shape index (κ3) is 6.90. The van der Waals surface area contributed by atoms with Gasteiger partial charge in [0.2, 0.25) is 10.0 Å². The first-order valence-corrected chi connectivity index (χ1v) is 11.8. The molecule has 2 heterocycles. The van der Waals surface area contributed by atoms with E-state index in [2.05, 4.69) is 4.90 Å². The number of sulfonamides is 1. The molecule has 0 spiro atoms. The van der Waals surface area contributed by atoms with Crippen LogP contribution in [0.15, 0.2) is 35.2 Å². The fourth-order valence-corrected chi connectivity index (χ4v) is 5.12.